The number of pyridine rings is 2. The Morgan fingerprint density at radius 3 is 1.77 bits per heavy atom. The lowest BCUT2D eigenvalue weighted by Crippen LogP contribution is -2.56. The molecule has 0 spiro atoms. The van der Waals surface area contributed by atoms with Crippen molar-refractivity contribution in [2.75, 3.05) is 83.7 Å². The number of nitrogens with two attached hydrogens (primary N) is 1. The van der Waals surface area contributed by atoms with E-state index in [1.165, 1.54) is 11.1 Å². The lowest BCUT2D eigenvalue weighted by molar-refractivity contribution is -0.169. The number of aryl methyl sites for hydroxylation is 2. The Morgan fingerprint density at radius 1 is 0.738 bits per heavy atom. The van der Waals surface area contributed by atoms with Crippen molar-refractivity contribution < 1.29 is 69.1 Å². The number of nitrogens with zero attached hydrogens (tertiary/aromatic N) is 9. The maximum Gasteiger partial charge on any atom is 0.391 e. The van der Waals surface area contributed by atoms with E-state index < -0.39 is 66.2 Å². The van der Waals surface area contributed by atoms with Gasteiger partial charge in [0.1, 0.15) is 59.9 Å². The molecule has 4 fully saturated rings. The first-order valence-corrected chi connectivity index (χ1v) is 26.5. The van der Waals surface area contributed by atoms with Crippen LogP contribution in [0.3, 0.4) is 0 Å². The fourth-order valence-electron chi connectivity index (χ4n) is 9.91. The standard InChI is InChI=1S/C27H33F3N6O5.C15H19F3N4O.C11H16N2O3/c1-15(27(28,29)30)10-20(37)23-32-16(2)22-24(34-23)36(17-6-5-9-35(22)12-17)25(38)33-21-8-7-18(11-31-21)39-13-19-14-40-26(3,4)41-19;1-8(15(16,17)18)6-11(23)13-19-9(2)12-14(21-13)20-10-4-3-5-22(12)7-10;1-11(2)15-7-9(16-11)6-14-8-3-4-10(12)13-5-8/h7-8,11,15,17,19H,5-6,9-10,12-14H2,1-4H3,(H,31,33,38);8,10H,3-7H2,1-2H3,(H,19,20,21);3-5,9H,6-7H2,1-2H3,(H2,12,13)/t15-,17-,19+;8-,10-;9-/m001/s1. The maximum absolute atomic E-state index is 13.6. The summed E-state index contributed by atoms with van der Waals surface area (Å²) in [6.45, 7) is 17.6. The van der Waals surface area contributed by atoms with Gasteiger partial charge in [0.15, 0.2) is 34.9 Å². The highest BCUT2D eigenvalue weighted by Gasteiger charge is 2.43. The highest BCUT2D eigenvalue weighted by molar-refractivity contribution is 6.05. The molecule has 0 aromatic carbocycles. The quantitative estimate of drug-likeness (QED) is 0.0837. The van der Waals surface area contributed by atoms with Crippen molar-refractivity contribution in [2.45, 2.75) is 142 Å². The zero-order chi connectivity index (χ0) is 57.9. The van der Waals surface area contributed by atoms with Crippen LogP contribution in [0.25, 0.3) is 0 Å². The molecule has 0 aliphatic carbocycles. The van der Waals surface area contributed by atoms with Crippen LogP contribution in [-0.4, -0.2) is 148 Å². The Balaban J connectivity index is 0.000000180. The fourth-order valence-corrected chi connectivity index (χ4v) is 9.91. The third-order valence-electron chi connectivity index (χ3n) is 14.0. The molecular formula is C53H68F6N12O9. The fraction of sp³-hybridized carbons (Fsp3) is 0.604. The molecule has 27 heteroatoms. The Hall–Kier alpha value is -6.71. The Bertz CT molecular complexity index is 2850. The Labute approximate surface area is 459 Å². The second-order valence-electron chi connectivity index (χ2n) is 21.6. The number of anilines is 6. The van der Waals surface area contributed by atoms with Crippen molar-refractivity contribution in [1.29, 1.82) is 0 Å². The van der Waals surface area contributed by atoms with Gasteiger partial charge >= 0.3 is 18.4 Å². The van der Waals surface area contributed by atoms with Gasteiger partial charge in [0.05, 0.1) is 54.9 Å². The van der Waals surface area contributed by atoms with Crippen LogP contribution in [0.1, 0.15) is 113 Å². The number of ether oxygens (including phenoxy) is 6. The summed E-state index contributed by atoms with van der Waals surface area (Å²) in [5.41, 5.74) is 7.98. The van der Waals surface area contributed by atoms with Crippen LogP contribution < -0.4 is 40.5 Å². The van der Waals surface area contributed by atoms with E-state index in [4.69, 9.17) is 34.2 Å². The molecule has 10 heterocycles. The van der Waals surface area contributed by atoms with Crippen LogP contribution in [0.15, 0.2) is 36.7 Å². The minimum absolute atomic E-state index is 0.0347. The smallest absolute Gasteiger partial charge is 0.391 e. The van der Waals surface area contributed by atoms with Crippen LogP contribution in [0.4, 0.5) is 65.8 Å². The van der Waals surface area contributed by atoms with E-state index in [0.717, 1.165) is 58.4 Å². The third-order valence-corrected chi connectivity index (χ3v) is 14.0. The first kappa shape index (κ1) is 59.4. The van der Waals surface area contributed by atoms with Gasteiger partial charge in [-0.25, -0.2) is 34.7 Å². The number of carbonyl (C=O) groups is 3. The summed E-state index contributed by atoms with van der Waals surface area (Å²) in [6, 6.07) is 6.25. The lowest BCUT2D eigenvalue weighted by atomic mass is 9.99. The van der Waals surface area contributed by atoms with Gasteiger partial charge in [-0.2, -0.15) is 26.3 Å². The predicted octanol–water partition coefficient (Wildman–Crippen LogP) is 8.65. The molecule has 80 heavy (non-hydrogen) atoms. The predicted molar refractivity (Wildman–Crippen MR) is 281 cm³/mol. The summed E-state index contributed by atoms with van der Waals surface area (Å²) in [4.78, 5) is 69.3. The number of hydrogen-bond acceptors (Lipinski definition) is 19. The van der Waals surface area contributed by atoms with Gasteiger partial charge in [0, 0.05) is 45.1 Å². The summed E-state index contributed by atoms with van der Waals surface area (Å²) in [5, 5.41) is 6.05. The monoisotopic (exact) mass is 1130 g/mol. The highest BCUT2D eigenvalue weighted by atomic mass is 19.4. The molecule has 4 bridgehead atoms. The van der Waals surface area contributed by atoms with Crippen molar-refractivity contribution in [2.24, 2.45) is 11.8 Å². The summed E-state index contributed by atoms with van der Waals surface area (Å²) < 4.78 is 111. The molecule has 436 valence electrons. The number of halogens is 6. The topological polar surface area (TPSA) is 244 Å². The zero-order valence-corrected chi connectivity index (χ0v) is 45.9. The van der Waals surface area contributed by atoms with Crippen molar-refractivity contribution in [3.8, 4) is 11.5 Å². The Kier molecular flexibility index (Phi) is 18.0. The molecule has 6 aliphatic heterocycles. The van der Waals surface area contributed by atoms with Gasteiger partial charge in [-0.3, -0.25) is 19.8 Å². The average Bonchev–Trinajstić information content (AvgIpc) is 3.93. The number of hydrogen-bond donors (Lipinski definition) is 3. The van der Waals surface area contributed by atoms with Crippen LogP contribution in [0, 0.1) is 25.7 Å². The first-order valence-electron chi connectivity index (χ1n) is 26.5. The molecule has 4 saturated heterocycles. The molecule has 0 radical (unpaired) electrons. The number of fused-ring (bicyclic) bond motifs is 8. The zero-order valence-electron chi connectivity index (χ0n) is 45.9. The van der Waals surface area contributed by atoms with Gasteiger partial charge in [-0.1, -0.05) is 13.8 Å². The number of aromatic nitrogens is 6. The molecule has 10 rings (SSSR count). The third kappa shape index (κ3) is 15.0. The first-order chi connectivity index (χ1) is 37.6. The SMILES string of the molecule is CC1(C)OC[C@@H](COc2ccc(N)nc2)O1.Cc1nc(C(=O)C[C@H](C)C(F)(F)F)nc2c1N1CCC[C@@H](C1)N2.Cc1nc(C(=O)C[C@H](C)C(F)(F)F)nc2c1N1CCC[C@@H](C1)N2C(=O)Nc1ccc(OC[C@@H]2COC(C)(C)O2)cn1. The van der Waals surface area contributed by atoms with Crippen LogP contribution >= 0.6 is 0 Å². The maximum atomic E-state index is 13.6. The normalized spacial score (nSPS) is 22.2. The molecule has 4 aromatic rings. The molecule has 2 amide bonds. The highest BCUT2D eigenvalue weighted by Crippen LogP contribution is 2.41. The largest absolute Gasteiger partial charge is 0.489 e. The van der Waals surface area contributed by atoms with E-state index in [9.17, 15) is 40.7 Å². The minimum Gasteiger partial charge on any atom is -0.489 e. The van der Waals surface area contributed by atoms with E-state index >= 15 is 0 Å². The van der Waals surface area contributed by atoms with Crippen LogP contribution in [0.5, 0.6) is 11.5 Å². The number of rotatable bonds is 13. The van der Waals surface area contributed by atoms with E-state index in [0.29, 0.717) is 73.0 Å². The van der Waals surface area contributed by atoms with Crippen LogP contribution in [-0.2, 0) is 18.9 Å². The number of ketones is 2. The molecule has 6 aliphatic rings. The molecule has 21 nitrogen and oxygen atoms in total. The van der Waals surface area contributed by atoms with Gasteiger partial charge in [0.25, 0.3) is 0 Å². The van der Waals surface area contributed by atoms with Crippen molar-refractivity contribution in [3.05, 3.63) is 59.7 Å². The second-order valence-corrected chi connectivity index (χ2v) is 21.6. The van der Waals surface area contributed by atoms with Gasteiger partial charge in [-0.05, 0) is 91.5 Å². The molecule has 6 atom stereocenters. The molecule has 4 aromatic heterocycles. The summed E-state index contributed by atoms with van der Waals surface area (Å²) in [5.74, 6) is -3.99. The number of nitrogen functional groups attached to an aromatic ring is 1. The number of urea groups is 1. The minimum atomic E-state index is -4.52. The van der Waals surface area contributed by atoms with Gasteiger partial charge in [0.2, 0.25) is 11.6 Å². The molecule has 0 unspecified atom stereocenters. The summed E-state index contributed by atoms with van der Waals surface area (Å²) >= 11 is 0. The van der Waals surface area contributed by atoms with Crippen LogP contribution in [0.2, 0.25) is 0 Å². The Morgan fingerprint density at radius 2 is 1.26 bits per heavy atom. The van der Waals surface area contributed by atoms with Gasteiger partial charge in [-0.15, -0.1) is 0 Å². The number of nitrogens with one attached hydrogen (secondary N) is 2. The lowest BCUT2D eigenvalue weighted by Gasteiger charge is -2.46. The molecule has 4 N–H and O–H groups in total. The summed E-state index contributed by atoms with van der Waals surface area (Å²) in [6.07, 6.45) is -3.87. The summed E-state index contributed by atoms with van der Waals surface area (Å²) in [7, 11) is 0. The second kappa shape index (κ2) is 24.2. The van der Waals surface area contributed by atoms with E-state index in [2.05, 4.69) is 50.3 Å². The van der Waals surface area contributed by atoms with Crippen molar-refractivity contribution in [3.63, 3.8) is 0 Å². The van der Waals surface area contributed by atoms with E-state index in [1.807, 2.05) is 27.7 Å². The number of Topliss-reactive ketones (excluding diaryl/α,β-unsaturated/α-hetero) is 2. The van der Waals surface area contributed by atoms with Crippen molar-refractivity contribution >= 4 is 52.2 Å². The number of amides is 2. The van der Waals surface area contributed by atoms with Gasteiger partial charge < -0.3 is 49.3 Å². The van der Waals surface area contributed by atoms with Crippen molar-refractivity contribution in [1.82, 2.24) is 29.9 Å². The molecular weight excluding hydrogens is 1060 g/mol. The van der Waals surface area contributed by atoms with E-state index in [1.54, 1.807) is 44.3 Å². The van der Waals surface area contributed by atoms with E-state index in [-0.39, 0.29) is 54.2 Å². The number of carbonyl (C=O) groups excluding carboxylic acids is 3. The molecule has 0 saturated carbocycles. The number of alkyl halides is 6. The average molecular weight is 1130 g/mol. The number of piperidine rings is 2.